The molecule has 0 spiro atoms. The highest BCUT2D eigenvalue weighted by Crippen LogP contribution is 2.42. The van der Waals surface area contributed by atoms with Crippen LogP contribution in [-0.4, -0.2) is 48.5 Å². The molecular weight excluding hydrogens is 496 g/mol. The van der Waals surface area contributed by atoms with Crippen LogP contribution in [0, 0.1) is 0 Å². The summed E-state index contributed by atoms with van der Waals surface area (Å²) in [7, 11) is 1.56. The van der Waals surface area contributed by atoms with E-state index >= 15 is 0 Å². The van der Waals surface area contributed by atoms with E-state index < -0.39 is 36.1 Å². The number of hydrogen-bond donors (Lipinski definition) is 0. The molecule has 2 aliphatic rings. The fourth-order valence-electron chi connectivity index (χ4n) is 3.49. The van der Waals surface area contributed by atoms with Crippen molar-refractivity contribution in [2.24, 2.45) is 5.11 Å². The van der Waals surface area contributed by atoms with Gasteiger partial charge in [-0.3, -0.25) is 0 Å². The van der Waals surface area contributed by atoms with E-state index in [2.05, 4.69) is 30.9 Å². The topological polar surface area (TPSA) is 98.6 Å². The predicted octanol–water partition coefficient (Wildman–Crippen LogP) is 5.12. The molecule has 0 bridgehead atoms. The highest BCUT2D eigenvalue weighted by atomic mass is 79.9. The largest absolute Gasteiger partial charge is 0.377 e. The summed E-state index contributed by atoms with van der Waals surface area (Å²) in [5, 5.41) is 4.51. The molecule has 0 N–H and O–H groups in total. The van der Waals surface area contributed by atoms with E-state index in [-0.39, 0.29) is 0 Å². The Labute approximate surface area is 190 Å². The minimum Gasteiger partial charge on any atom is -0.377 e. The number of nitrogens with zero attached hydrogens (tertiary/aromatic N) is 4. The molecule has 30 heavy (non-hydrogen) atoms. The van der Waals surface area contributed by atoms with Crippen LogP contribution in [0.15, 0.2) is 57.2 Å². The summed E-state index contributed by atoms with van der Waals surface area (Å²) in [6, 6.07) is 10.8. The third-order valence-corrected chi connectivity index (χ3v) is 7.13. The van der Waals surface area contributed by atoms with Gasteiger partial charge in [-0.1, -0.05) is 58.8 Å². The van der Waals surface area contributed by atoms with Crippen LogP contribution in [-0.2, 0) is 18.9 Å². The Morgan fingerprint density at radius 3 is 2.87 bits per heavy atom. The minimum absolute atomic E-state index is 0.296. The number of rotatable bonds is 5. The zero-order valence-corrected chi connectivity index (χ0v) is 19.0. The molecule has 2 saturated heterocycles. The molecule has 158 valence electrons. The second kappa shape index (κ2) is 9.84. The minimum atomic E-state index is -0.600. The van der Waals surface area contributed by atoms with E-state index in [1.54, 1.807) is 19.4 Å². The van der Waals surface area contributed by atoms with Gasteiger partial charge in [0.25, 0.3) is 0 Å². The number of pyridine rings is 1. The zero-order chi connectivity index (χ0) is 21.1. The Hall–Kier alpha value is -1.36. The maximum absolute atomic E-state index is 9.19. The van der Waals surface area contributed by atoms with Gasteiger partial charge >= 0.3 is 0 Å². The molecule has 4 rings (SSSR count). The fourth-order valence-corrected chi connectivity index (χ4v) is 5.41. The first kappa shape index (κ1) is 21.9. The van der Waals surface area contributed by atoms with Crippen LogP contribution in [0.4, 0.5) is 0 Å². The number of methoxy groups -OCH3 is 1. The number of ether oxygens (including phenoxy) is 4. The molecule has 0 saturated carbocycles. The third kappa shape index (κ3) is 4.61. The van der Waals surface area contributed by atoms with Gasteiger partial charge in [-0.05, 0) is 27.5 Å². The van der Waals surface area contributed by atoms with Crippen LogP contribution in [0.3, 0.4) is 0 Å². The van der Waals surface area contributed by atoms with Crippen molar-refractivity contribution in [2.75, 3.05) is 13.7 Å². The van der Waals surface area contributed by atoms with Crippen molar-refractivity contribution >= 4 is 39.3 Å². The standard InChI is InChI=1S/C19H18BrClN4O4S/c1-26-16-14(24-25-22)15-12(9-27-18(29-15)10-5-3-2-4-6-10)28-19(16)30-13-7-11(21)8-23-17(13)20/h2-8,12,14-16,18-19H,9H2,1H3/t12?,14-,15-,16?,18?,19+/m0/s1. The van der Waals surface area contributed by atoms with Crippen LogP contribution in [0.5, 0.6) is 0 Å². The molecule has 0 radical (unpaired) electrons. The van der Waals surface area contributed by atoms with E-state index in [0.717, 1.165) is 10.5 Å². The summed E-state index contributed by atoms with van der Waals surface area (Å²) in [5.74, 6) is 0. The maximum atomic E-state index is 9.19. The van der Waals surface area contributed by atoms with Gasteiger partial charge in [0.05, 0.1) is 17.7 Å². The summed E-state index contributed by atoms with van der Waals surface area (Å²) in [5.41, 5.74) is 9.60. The van der Waals surface area contributed by atoms with Gasteiger partial charge in [-0.15, -0.1) is 0 Å². The second-order valence-electron chi connectivity index (χ2n) is 6.68. The molecule has 3 unspecified atom stereocenters. The SMILES string of the molecule is COC1[C@@H](Sc2cc(Cl)cnc2Br)OC2COC(c3ccccc3)O[C@@H]2[C@@H]1N=[N+]=[N-]. The lowest BCUT2D eigenvalue weighted by atomic mass is 9.96. The highest BCUT2D eigenvalue weighted by molar-refractivity contribution is 9.10. The van der Waals surface area contributed by atoms with Crippen molar-refractivity contribution in [3.63, 3.8) is 0 Å². The highest BCUT2D eigenvalue weighted by Gasteiger charge is 2.50. The molecule has 0 aliphatic carbocycles. The van der Waals surface area contributed by atoms with Crippen molar-refractivity contribution < 1.29 is 18.9 Å². The quantitative estimate of drug-likeness (QED) is 0.238. The summed E-state index contributed by atoms with van der Waals surface area (Å²) < 4.78 is 24.7. The average Bonchev–Trinajstić information content (AvgIpc) is 2.77. The maximum Gasteiger partial charge on any atom is 0.184 e. The van der Waals surface area contributed by atoms with Crippen LogP contribution in [0.25, 0.3) is 10.4 Å². The number of thioether (sulfide) groups is 1. The number of azide groups is 1. The van der Waals surface area contributed by atoms with Gasteiger partial charge in [-0.2, -0.15) is 0 Å². The van der Waals surface area contributed by atoms with E-state index in [1.807, 2.05) is 30.3 Å². The normalized spacial score (nSPS) is 30.9. The number of benzene rings is 1. The smallest absolute Gasteiger partial charge is 0.184 e. The lowest BCUT2D eigenvalue weighted by Gasteiger charge is -2.47. The molecule has 2 fully saturated rings. The summed E-state index contributed by atoms with van der Waals surface area (Å²) >= 11 is 10.9. The molecule has 3 heterocycles. The van der Waals surface area contributed by atoms with E-state index in [9.17, 15) is 5.53 Å². The Morgan fingerprint density at radius 2 is 2.13 bits per heavy atom. The van der Waals surface area contributed by atoms with Crippen molar-refractivity contribution in [1.29, 1.82) is 0 Å². The number of fused-ring (bicyclic) bond motifs is 1. The van der Waals surface area contributed by atoms with Crippen LogP contribution >= 0.6 is 39.3 Å². The van der Waals surface area contributed by atoms with Crippen molar-refractivity contribution in [2.45, 2.75) is 41.0 Å². The predicted molar refractivity (Wildman–Crippen MR) is 115 cm³/mol. The number of halogens is 2. The number of hydrogen-bond acceptors (Lipinski definition) is 7. The molecule has 8 nitrogen and oxygen atoms in total. The van der Waals surface area contributed by atoms with Gasteiger partial charge < -0.3 is 18.9 Å². The van der Waals surface area contributed by atoms with Crippen LogP contribution in [0.1, 0.15) is 11.9 Å². The first-order chi connectivity index (χ1) is 14.6. The van der Waals surface area contributed by atoms with Gasteiger partial charge in [0.1, 0.15) is 28.4 Å². The lowest BCUT2D eigenvalue weighted by molar-refractivity contribution is -0.298. The average molecular weight is 514 g/mol. The van der Waals surface area contributed by atoms with Crippen molar-refractivity contribution in [3.05, 3.63) is 68.2 Å². The van der Waals surface area contributed by atoms with E-state index in [4.69, 9.17) is 30.5 Å². The molecule has 0 amide bonds. The summed E-state index contributed by atoms with van der Waals surface area (Å²) in [4.78, 5) is 8.03. The van der Waals surface area contributed by atoms with Crippen LogP contribution in [0.2, 0.25) is 5.02 Å². The molecule has 2 aliphatic heterocycles. The summed E-state index contributed by atoms with van der Waals surface area (Å²) in [6.07, 6.45) is -0.498. The van der Waals surface area contributed by atoms with E-state index in [0.29, 0.717) is 16.2 Å². The van der Waals surface area contributed by atoms with Crippen LogP contribution < -0.4 is 0 Å². The molecule has 6 atom stereocenters. The first-order valence-electron chi connectivity index (χ1n) is 9.13. The van der Waals surface area contributed by atoms with Crippen molar-refractivity contribution in [3.8, 4) is 0 Å². The molecule has 2 aromatic rings. The monoisotopic (exact) mass is 512 g/mol. The Balaban J connectivity index is 1.59. The van der Waals surface area contributed by atoms with Crippen molar-refractivity contribution in [1.82, 2.24) is 4.98 Å². The third-order valence-electron chi connectivity index (χ3n) is 4.85. The lowest BCUT2D eigenvalue weighted by Crippen LogP contribution is -2.60. The molecular formula is C19H18BrClN4O4S. The number of aromatic nitrogens is 1. The Bertz CT molecular complexity index is 936. The first-order valence-corrected chi connectivity index (χ1v) is 11.2. The molecule has 11 heteroatoms. The zero-order valence-electron chi connectivity index (χ0n) is 15.8. The summed E-state index contributed by atoms with van der Waals surface area (Å²) in [6.45, 7) is 0.296. The van der Waals surface area contributed by atoms with Gasteiger partial charge in [-0.25, -0.2) is 4.98 Å². The van der Waals surface area contributed by atoms with Gasteiger partial charge in [0.2, 0.25) is 0 Å². The Morgan fingerprint density at radius 1 is 1.33 bits per heavy atom. The van der Waals surface area contributed by atoms with E-state index in [1.165, 1.54) is 11.8 Å². The molecule has 1 aromatic heterocycles. The van der Waals surface area contributed by atoms with Gasteiger partial charge in [0, 0.05) is 28.7 Å². The fraction of sp³-hybridized carbons (Fsp3) is 0.421. The Kier molecular flexibility index (Phi) is 7.17. The van der Waals surface area contributed by atoms with Gasteiger partial charge in [0.15, 0.2) is 6.29 Å². The second-order valence-corrected chi connectivity index (χ2v) is 9.00. The molecule has 1 aromatic carbocycles.